The molecule has 2 rings (SSSR count). The Bertz CT molecular complexity index is 402. The lowest BCUT2D eigenvalue weighted by molar-refractivity contribution is 0.0696. The molecule has 1 N–H and O–H groups in total. The molecule has 6 heteroatoms. The van der Waals surface area contributed by atoms with Gasteiger partial charge in [-0.1, -0.05) is 6.92 Å². The summed E-state index contributed by atoms with van der Waals surface area (Å²) in [4.78, 5) is 15.4. The second-order valence-corrected chi connectivity index (χ2v) is 3.99. The van der Waals surface area contributed by atoms with E-state index >= 15 is 0 Å². The second kappa shape index (κ2) is 5.09. The molecule has 2 heterocycles. The SMILES string of the molecule is CCN1CCN(c2nnccc2C(=O)O)CC1. The minimum Gasteiger partial charge on any atom is -0.478 e. The van der Waals surface area contributed by atoms with Crippen LogP contribution in [0.3, 0.4) is 0 Å². The Labute approximate surface area is 99.9 Å². The summed E-state index contributed by atoms with van der Waals surface area (Å²) in [6, 6.07) is 1.50. The maximum absolute atomic E-state index is 11.1. The summed E-state index contributed by atoms with van der Waals surface area (Å²) >= 11 is 0. The first-order valence-electron chi connectivity index (χ1n) is 5.74. The van der Waals surface area contributed by atoms with E-state index < -0.39 is 5.97 Å². The molecule has 0 amide bonds. The van der Waals surface area contributed by atoms with Crippen LogP contribution in [0.15, 0.2) is 12.3 Å². The van der Waals surface area contributed by atoms with E-state index in [1.54, 1.807) is 0 Å². The third-order valence-corrected chi connectivity index (χ3v) is 3.05. The fraction of sp³-hybridized carbons (Fsp3) is 0.545. The van der Waals surface area contributed by atoms with Gasteiger partial charge in [-0.2, -0.15) is 5.10 Å². The minimum absolute atomic E-state index is 0.227. The number of carbonyl (C=O) groups is 1. The highest BCUT2D eigenvalue weighted by Gasteiger charge is 2.21. The zero-order valence-corrected chi connectivity index (χ0v) is 9.83. The van der Waals surface area contributed by atoms with Gasteiger partial charge in [0.25, 0.3) is 0 Å². The molecule has 1 aliphatic rings. The van der Waals surface area contributed by atoms with Crippen molar-refractivity contribution in [2.45, 2.75) is 6.92 Å². The number of hydrogen-bond donors (Lipinski definition) is 1. The van der Waals surface area contributed by atoms with Gasteiger partial charge in [0.05, 0.1) is 6.20 Å². The summed E-state index contributed by atoms with van der Waals surface area (Å²) in [5, 5.41) is 16.8. The molecule has 1 aliphatic heterocycles. The summed E-state index contributed by atoms with van der Waals surface area (Å²) in [7, 11) is 0. The molecular formula is C11H16N4O2. The predicted octanol–water partition coefficient (Wildman–Crippen LogP) is 0.317. The molecule has 17 heavy (non-hydrogen) atoms. The number of anilines is 1. The number of likely N-dealkylation sites (N-methyl/N-ethyl adjacent to an activating group) is 1. The summed E-state index contributed by atoms with van der Waals surface area (Å²) in [5.74, 6) is -0.469. The lowest BCUT2D eigenvalue weighted by Crippen LogP contribution is -2.47. The van der Waals surface area contributed by atoms with Crippen molar-refractivity contribution < 1.29 is 9.90 Å². The monoisotopic (exact) mass is 236 g/mol. The zero-order valence-electron chi connectivity index (χ0n) is 9.83. The van der Waals surface area contributed by atoms with Crippen LogP contribution in [0.1, 0.15) is 17.3 Å². The van der Waals surface area contributed by atoms with Crippen LogP contribution in [-0.4, -0.2) is 58.9 Å². The molecule has 0 spiro atoms. The summed E-state index contributed by atoms with van der Waals surface area (Å²) in [6.07, 6.45) is 1.41. The molecule has 0 aromatic carbocycles. The van der Waals surface area contributed by atoms with E-state index in [4.69, 9.17) is 5.11 Å². The summed E-state index contributed by atoms with van der Waals surface area (Å²) in [5.41, 5.74) is 0.227. The third-order valence-electron chi connectivity index (χ3n) is 3.05. The van der Waals surface area contributed by atoms with Gasteiger partial charge in [-0.05, 0) is 12.6 Å². The average Bonchev–Trinajstić information content (AvgIpc) is 2.39. The van der Waals surface area contributed by atoms with Crippen LogP contribution in [0.2, 0.25) is 0 Å². The highest BCUT2D eigenvalue weighted by Crippen LogP contribution is 2.17. The Kier molecular flexibility index (Phi) is 3.53. The van der Waals surface area contributed by atoms with E-state index in [2.05, 4.69) is 22.0 Å². The fourth-order valence-electron chi connectivity index (χ4n) is 2.00. The molecule has 0 bridgehead atoms. The summed E-state index contributed by atoms with van der Waals surface area (Å²) < 4.78 is 0. The van der Waals surface area contributed by atoms with Gasteiger partial charge in [0, 0.05) is 26.2 Å². The van der Waals surface area contributed by atoms with Crippen molar-refractivity contribution in [1.82, 2.24) is 15.1 Å². The molecule has 0 aliphatic carbocycles. The smallest absolute Gasteiger partial charge is 0.339 e. The molecule has 92 valence electrons. The van der Waals surface area contributed by atoms with Crippen molar-refractivity contribution in [3.8, 4) is 0 Å². The molecule has 0 radical (unpaired) electrons. The molecular weight excluding hydrogens is 220 g/mol. The van der Waals surface area contributed by atoms with Crippen LogP contribution < -0.4 is 4.90 Å². The molecule has 0 atom stereocenters. The van der Waals surface area contributed by atoms with Crippen LogP contribution in [0.5, 0.6) is 0 Å². The number of carboxylic acids is 1. The van der Waals surface area contributed by atoms with E-state index in [0.29, 0.717) is 5.82 Å². The van der Waals surface area contributed by atoms with E-state index in [-0.39, 0.29) is 5.56 Å². The Hall–Kier alpha value is -1.69. The van der Waals surface area contributed by atoms with Gasteiger partial charge >= 0.3 is 5.97 Å². The number of rotatable bonds is 3. The lowest BCUT2D eigenvalue weighted by atomic mass is 10.2. The number of piperazine rings is 1. The average molecular weight is 236 g/mol. The number of nitrogens with zero attached hydrogens (tertiary/aromatic N) is 4. The normalized spacial score (nSPS) is 17.1. The molecule has 0 saturated carbocycles. The maximum atomic E-state index is 11.1. The molecule has 1 aromatic heterocycles. The van der Waals surface area contributed by atoms with E-state index in [1.165, 1.54) is 12.3 Å². The topological polar surface area (TPSA) is 69.6 Å². The van der Waals surface area contributed by atoms with Gasteiger partial charge in [0.1, 0.15) is 5.56 Å². The van der Waals surface area contributed by atoms with E-state index in [0.717, 1.165) is 32.7 Å². The third kappa shape index (κ3) is 2.52. The zero-order chi connectivity index (χ0) is 12.3. The van der Waals surface area contributed by atoms with Gasteiger partial charge in [-0.15, -0.1) is 5.10 Å². The van der Waals surface area contributed by atoms with E-state index in [1.807, 2.05) is 4.90 Å². The Morgan fingerprint density at radius 3 is 2.71 bits per heavy atom. The lowest BCUT2D eigenvalue weighted by Gasteiger charge is -2.34. The minimum atomic E-state index is -0.951. The van der Waals surface area contributed by atoms with Gasteiger partial charge < -0.3 is 14.9 Å². The number of hydrogen-bond acceptors (Lipinski definition) is 5. The Morgan fingerprint density at radius 1 is 1.41 bits per heavy atom. The quantitative estimate of drug-likeness (QED) is 0.815. The first kappa shape index (κ1) is 11.8. The fourth-order valence-corrected chi connectivity index (χ4v) is 2.00. The van der Waals surface area contributed by atoms with Crippen LogP contribution in [0.4, 0.5) is 5.82 Å². The van der Waals surface area contributed by atoms with Gasteiger partial charge in [-0.25, -0.2) is 4.79 Å². The maximum Gasteiger partial charge on any atom is 0.339 e. The highest BCUT2D eigenvalue weighted by atomic mass is 16.4. The highest BCUT2D eigenvalue weighted by molar-refractivity contribution is 5.93. The molecule has 1 fully saturated rings. The van der Waals surface area contributed by atoms with Crippen LogP contribution >= 0.6 is 0 Å². The number of aromatic carboxylic acids is 1. The van der Waals surface area contributed by atoms with Gasteiger partial charge in [-0.3, -0.25) is 0 Å². The number of carboxylic acid groups (broad SMARTS) is 1. The van der Waals surface area contributed by atoms with Gasteiger partial charge in [0.2, 0.25) is 0 Å². The van der Waals surface area contributed by atoms with Crippen molar-refractivity contribution >= 4 is 11.8 Å². The van der Waals surface area contributed by atoms with Crippen LogP contribution in [-0.2, 0) is 0 Å². The van der Waals surface area contributed by atoms with Crippen molar-refractivity contribution in [2.75, 3.05) is 37.6 Å². The Morgan fingerprint density at radius 2 is 2.12 bits per heavy atom. The summed E-state index contributed by atoms with van der Waals surface area (Å²) in [6.45, 7) is 6.62. The van der Waals surface area contributed by atoms with Crippen LogP contribution in [0.25, 0.3) is 0 Å². The molecule has 6 nitrogen and oxygen atoms in total. The first-order chi connectivity index (χ1) is 8.22. The van der Waals surface area contributed by atoms with Crippen molar-refractivity contribution in [2.24, 2.45) is 0 Å². The van der Waals surface area contributed by atoms with Crippen molar-refractivity contribution in [3.63, 3.8) is 0 Å². The van der Waals surface area contributed by atoms with Crippen molar-refractivity contribution in [1.29, 1.82) is 0 Å². The second-order valence-electron chi connectivity index (χ2n) is 3.99. The largest absolute Gasteiger partial charge is 0.478 e. The van der Waals surface area contributed by atoms with E-state index in [9.17, 15) is 4.79 Å². The standard InChI is InChI=1S/C11H16N4O2/c1-2-14-5-7-15(8-6-14)10-9(11(16)17)3-4-12-13-10/h3-4H,2,5-8H2,1H3,(H,16,17). The first-order valence-corrected chi connectivity index (χ1v) is 5.74. The van der Waals surface area contributed by atoms with Gasteiger partial charge in [0.15, 0.2) is 5.82 Å². The molecule has 1 saturated heterocycles. The van der Waals surface area contributed by atoms with Crippen LogP contribution in [0, 0.1) is 0 Å². The number of aromatic nitrogens is 2. The molecule has 0 unspecified atom stereocenters. The van der Waals surface area contributed by atoms with Crippen molar-refractivity contribution in [3.05, 3.63) is 17.8 Å². The molecule has 1 aromatic rings. The predicted molar refractivity (Wildman–Crippen MR) is 63.3 cm³/mol. The Balaban J connectivity index is 2.15.